The van der Waals surface area contributed by atoms with Crippen LogP contribution in [-0.4, -0.2) is 24.1 Å². The second-order valence-corrected chi connectivity index (χ2v) is 5.98. The van der Waals surface area contributed by atoms with Gasteiger partial charge in [0.1, 0.15) is 18.1 Å². The van der Waals surface area contributed by atoms with Crippen LogP contribution in [0.5, 0.6) is 11.5 Å². The summed E-state index contributed by atoms with van der Waals surface area (Å²) in [6.07, 6.45) is 0. The summed E-state index contributed by atoms with van der Waals surface area (Å²) in [6.45, 7) is 0.389. The summed E-state index contributed by atoms with van der Waals surface area (Å²) in [5, 5.41) is 11.8. The molecule has 3 aromatic carbocycles. The zero-order chi connectivity index (χ0) is 19.9. The molecule has 0 atom stereocenters. The number of carbonyl (C=O) groups is 2. The highest BCUT2D eigenvalue weighted by Gasteiger charge is 2.13. The standard InChI is InChI=1S/C22H19NO5/c1-27-20-11-10-17(22(25)26)13-19(20)23-21(24)16-8-5-9-18(12-16)28-14-15-6-3-2-4-7-15/h2-13H,14H2,1H3,(H,23,24)(H,25,26). The molecule has 1 amide bonds. The molecule has 0 bridgehead atoms. The molecule has 0 aromatic heterocycles. The monoisotopic (exact) mass is 377 g/mol. The molecule has 0 aliphatic rings. The van der Waals surface area contributed by atoms with Crippen molar-refractivity contribution in [3.8, 4) is 11.5 Å². The van der Waals surface area contributed by atoms with Crippen LogP contribution >= 0.6 is 0 Å². The van der Waals surface area contributed by atoms with Crippen LogP contribution in [0.4, 0.5) is 5.69 Å². The van der Waals surface area contributed by atoms with Gasteiger partial charge in [-0.05, 0) is 42.0 Å². The summed E-state index contributed by atoms with van der Waals surface area (Å²) in [6, 6.07) is 20.7. The third-order valence-electron chi connectivity index (χ3n) is 4.04. The van der Waals surface area contributed by atoms with Gasteiger partial charge in [0, 0.05) is 5.56 Å². The molecule has 2 N–H and O–H groups in total. The van der Waals surface area contributed by atoms with Gasteiger partial charge in [-0.2, -0.15) is 0 Å². The van der Waals surface area contributed by atoms with E-state index in [0.717, 1.165) is 5.56 Å². The molecule has 6 heteroatoms. The van der Waals surface area contributed by atoms with E-state index in [2.05, 4.69) is 5.32 Å². The van der Waals surface area contributed by atoms with Crippen LogP contribution in [0.1, 0.15) is 26.3 Å². The number of hydrogen-bond acceptors (Lipinski definition) is 4. The summed E-state index contributed by atoms with van der Waals surface area (Å²) in [7, 11) is 1.45. The smallest absolute Gasteiger partial charge is 0.335 e. The van der Waals surface area contributed by atoms with Gasteiger partial charge in [0.15, 0.2) is 0 Å². The zero-order valence-electron chi connectivity index (χ0n) is 15.2. The first-order chi connectivity index (χ1) is 13.6. The lowest BCUT2D eigenvalue weighted by Gasteiger charge is -2.12. The van der Waals surface area contributed by atoms with Gasteiger partial charge < -0.3 is 19.9 Å². The van der Waals surface area contributed by atoms with E-state index in [0.29, 0.717) is 23.7 Å². The number of carbonyl (C=O) groups excluding carboxylic acids is 1. The normalized spacial score (nSPS) is 10.2. The first-order valence-electron chi connectivity index (χ1n) is 8.56. The van der Waals surface area contributed by atoms with Crippen LogP contribution in [0.2, 0.25) is 0 Å². The summed E-state index contributed by atoms with van der Waals surface area (Å²) in [5.74, 6) is -0.557. The molecule has 0 heterocycles. The van der Waals surface area contributed by atoms with E-state index in [1.54, 1.807) is 24.3 Å². The highest BCUT2D eigenvalue weighted by Crippen LogP contribution is 2.26. The van der Waals surface area contributed by atoms with E-state index in [9.17, 15) is 9.59 Å². The number of rotatable bonds is 7. The lowest BCUT2D eigenvalue weighted by atomic mass is 10.1. The van der Waals surface area contributed by atoms with E-state index >= 15 is 0 Å². The number of amides is 1. The Morgan fingerprint density at radius 1 is 0.929 bits per heavy atom. The molecule has 28 heavy (non-hydrogen) atoms. The minimum absolute atomic E-state index is 0.0519. The lowest BCUT2D eigenvalue weighted by Crippen LogP contribution is -2.13. The average Bonchev–Trinajstić information content (AvgIpc) is 2.73. The summed E-state index contributed by atoms with van der Waals surface area (Å²) in [4.78, 5) is 23.8. The third kappa shape index (κ3) is 4.67. The second-order valence-electron chi connectivity index (χ2n) is 5.98. The molecule has 0 fully saturated rings. The molecule has 6 nitrogen and oxygen atoms in total. The van der Waals surface area contributed by atoms with Crippen molar-refractivity contribution in [1.29, 1.82) is 0 Å². The maximum atomic E-state index is 12.6. The van der Waals surface area contributed by atoms with Gasteiger partial charge in [-0.25, -0.2) is 4.79 Å². The first kappa shape index (κ1) is 19.0. The van der Waals surface area contributed by atoms with Gasteiger partial charge in [0.25, 0.3) is 5.91 Å². The maximum Gasteiger partial charge on any atom is 0.335 e. The number of benzene rings is 3. The molecule has 0 saturated heterocycles. The molecule has 3 aromatic rings. The van der Waals surface area contributed by atoms with Crippen molar-refractivity contribution in [2.24, 2.45) is 0 Å². The number of ether oxygens (including phenoxy) is 2. The molecule has 0 unspecified atom stereocenters. The van der Waals surface area contributed by atoms with Crippen molar-refractivity contribution < 1.29 is 24.2 Å². The summed E-state index contributed by atoms with van der Waals surface area (Å²) >= 11 is 0. The van der Waals surface area contributed by atoms with E-state index < -0.39 is 11.9 Å². The predicted octanol–water partition coefficient (Wildman–Crippen LogP) is 4.22. The summed E-state index contributed by atoms with van der Waals surface area (Å²) < 4.78 is 10.9. The van der Waals surface area contributed by atoms with E-state index in [-0.39, 0.29) is 11.3 Å². The Labute approximate surface area is 162 Å². The van der Waals surface area contributed by atoms with Gasteiger partial charge >= 0.3 is 5.97 Å². The van der Waals surface area contributed by atoms with E-state index in [4.69, 9.17) is 14.6 Å². The predicted molar refractivity (Wildman–Crippen MR) is 105 cm³/mol. The molecule has 0 aliphatic heterocycles. The van der Waals surface area contributed by atoms with Crippen molar-refractivity contribution in [2.45, 2.75) is 6.61 Å². The number of carboxylic acids is 1. The molecule has 142 valence electrons. The zero-order valence-corrected chi connectivity index (χ0v) is 15.2. The second kappa shape index (κ2) is 8.73. The average molecular weight is 377 g/mol. The molecular weight excluding hydrogens is 358 g/mol. The van der Waals surface area contributed by atoms with Gasteiger partial charge in [-0.1, -0.05) is 36.4 Å². The van der Waals surface area contributed by atoms with E-state index in [1.807, 2.05) is 30.3 Å². The van der Waals surface area contributed by atoms with Crippen LogP contribution in [0.15, 0.2) is 72.8 Å². The van der Waals surface area contributed by atoms with Crippen LogP contribution in [0, 0.1) is 0 Å². The Morgan fingerprint density at radius 3 is 2.43 bits per heavy atom. The van der Waals surface area contributed by atoms with Crippen molar-refractivity contribution in [1.82, 2.24) is 0 Å². The molecule has 0 spiro atoms. The fourth-order valence-corrected chi connectivity index (χ4v) is 2.60. The molecular formula is C22H19NO5. The van der Waals surface area contributed by atoms with Crippen molar-refractivity contribution >= 4 is 17.6 Å². The van der Waals surface area contributed by atoms with Gasteiger partial charge in [0.05, 0.1) is 18.4 Å². The Kier molecular flexibility index (Phi) is 5.91. The Balaban J connectivity index is 1.74. The lowest BCUT2D eigenvalue weighted by molar-refractivity contribution is 0.0696. The number of anilines is 1. The van der Waals surface area contributed by atoms with Crippen molar-refractivity contribution in [2.75, 3.05) is 12.4 Å². The largest absolute Gasteiger partial charge is 0.495 e. The topological polar surface area (TPSA) is 84.9 Å². The number of nitrogens with one attached hydrogen (secondary N) is 1. The van der Waals surface area contributed by atoms with Crippen LogP contribution in [0.25, 0.3) is 0 Å². The van der Waals surface area contributed by atoms with Crippen LogP contribution in [0.3, 0.4) is 0 Å². The van der Waals surface area contributed by atoms with Gasteiger partial charge in [0.2, 0.25) is 0 Å². The molecule has 0 radical (unpaired) electrons. The molecule has 0 aliphatic carbocycles. The van der Waals surface area contributed by atoms with Crippen LogP contribution < -0.4 is 14.8 Å². The van der Waals surface area contributed by atoms with E-state index in [1.165, 1.54) is 25.3 Å². The SMILES string of the molecule is COc1ccc(C(=O)O)cc1NC(=O)c1cccc(OCc2ccccc2)c1. The number of carboxylic acid groups (broad SMARTS) is 1. The Hall–Kier alpha value is -3.80. The minimum Gasteiger partial charge on any atom is -0.495 e. The maximum absolute atomic E-state index is 12.6. The number of hydrogen-bond donors (Lipinski definition) is 2. The third-order valence-corrected chi connectivity index (χ3v) is 4.04. The Bertz CT molecular complexity index is 985. The highest BCUT2D eigenvalue weighted by molar-refractivity contribution is 6.05. The Morgan fingerprint density at radius 2 is 1.71 bits per heavy atom. The quantitative estimate of drug-likeness (QED) is 0.644. The molecule has 3 rings (SSSR count). The molecule has 0 saturated carbocycles. The fraction of sp³-hybridized carbons (Fsp3) is 0.0909. The van der Waals surface area contributed by atoms with Crippen molar-refractivity contribution in [3.63, 3.8) is 0 Å². The van der Waals surface area contributed by atoms with Gasteiger partial charge in [-0.15, -0.1) is 0 Å². The highest BCUT2D eigenvalue weighted by atomic mass is 16.5. The fourth-order valence-electron chi connectivity index (χ4n) is 2.60. The number of aromatic carboxylic acids is 1. The summed E-state index contributed by atoms with van der Waals surface area (Å²) in [5.41, 5.74) is 1.74. The van der Waals surface area contributed by atoms with Crippen molar-refractivity contribution in [3.05, 3.63) is 89.5 Å². The number of methoxy groups -OCH3 is 1. The van der Waals surface area contributed by atoms with Gasteiger partial charge in [-0.3, -0.25) is 4.79 Å². The minimum atomic E-state index is -1.09. The first-order valence-corrected chi connectivity index (χ1v) is 8.56. The van der Waals surface area contributed by atoms with Crippen LogP contribution in [-0.2, 0) is 6.61 Å².